The van der Waals surface area contributed by atoms with E-state index in [1.807, 2.05) is 24.3 Å². The second-order valence-corrected chi connectivity index (χ2v) is 5.70. The van der Waals surface area contributed by atoms with Crippen LogP contribution in [0.5, 0.6) is 0 Å². The maximum atomic E-state index is 12.6. The van der Waals surface area contributed by atoms with E-state index in [2.05, 4.69) is 0 Å². The lowest BCUT2D eigenvalue weighted by Gasteiger charge is -2.07. The van der Waals surface area contributed by atoms with Gasteiger partial charge >= 0.3 is 5.97 Å². The van der Waals surface area contributed by atoms with Crippen molar-refractivity contribution in [1.82, 2.24) is 0 Å². The number of carboxylic acid groups (broad SMARTS) is 1. The lowest BCUT2D eigenvalue weighted by atomic mass is 9.96. The number of rotatable bonds is 4. The van der Waals surface area contributed by atoms with E-state index in [1.165, 1.54) is 12.1 Å². The normalized spacial score (nSPS) is 10.4. The molecule has 0 aliphatic heterocycles. The van der Waals surface area contributed by atoms with Gasteiger partial charge < -0.3 is 5.11 Å². The Morgan fingerprint density at radius 2 is 1.21 bits per heavy atom. The Labute approximate surface area is 144 Å². The Kier molecular flexibility index (Phi) is 4.45. The summed E-state index contributed by atoms with van der Waals surface area (Å²) < 4.78 is 0. The summed E-state index contributed by atoms with van der Waals surface area (Å²) in [5, 5.41) is 9.88. The first-order valence-corrected chi connectivity index (χ1v) is 7.67. The van der Waals surface area contributed by atoms with E-state index in [9.17, 15) is 14.7 Å². The zero-order chi connectivity index (χ0) is 17.1. The summed E-state index contributed by atoms with van der Waals surface area (Å²) in [4.78, 5) is 23.8. The second-order valence-electron chi connectivity index (χ2n) is 5.26. The van der Waals surface area contributed by atoms with Crippen LogP contribution in [0.4, 0.5) is 0 Å². The summed E-state index contributed by atoms with van der Waals surface area (Å²) in [6.45, 7) is 0. The van der Waals surface area contributed by atoms with Gasteiger partial charge in [0.1, 0.15) is 0 Å². The van der Waals surface area contributed by atoms with Gasteiger partial charge in [-0.1, -0.05) is 66.2 Å². The van der Waals surface area contributed by atoms with Gasteiger partial charge in [0.25, 0.3) is 0 Å². The van der Waals surface area contributed by atoms with Gasteiger partial charge in [0.2, 0.25) is 0 Å². The highest BCUT2D eigenvalue weighted by molar-refractivity contribution is 6.30. The topological polar surface area (TPSA) is 54.4 Å². The van der Waals surface area contributed by atoms with Crippen LogP contribution >= 0.6 is 11.6 Å². The minimum atomic E-state index is -1.11. The molecule has 3 aromatic carbocycles. The maximum Gasteiger partial charge on any atom is 0.336 e. The van der Waals surface area contributed by atoms with Crippen molar-refractivity contribution >= 4 is 23.4 Å². The molecular formula is C20H13ClO3. The van der Waals surface area contributed by atoms with E-state index in [1.54, 1.807) is 36.4 Å². The van der Waals surface area contributed by atoms with E-state index < -0.39 is 5.97 Å². The first-order valence-electron chi connectivity index (χ1n) is 7.29. The van der Waals surface area contributed by atoms with Crippen LogP contribution in [0.15, 0.2) is 72.8 Å². The zero-order valence-electron chi connectivity index (χ0n) is 12.6. The number of benzene rings is 3. The molecule has 0 spiro atoms. The van der Waals surface area contributed by atoms with Crippen LogP contribution in [-0.4, -0.2) is 16.9 Å². The molecule has 0 amide bonds. The highest BCUT2D eigenvalue weighted by Crippen LogP contribution is 2.23. The summed E-state index contributed by atoms with van der Waals surface area (Å²) in [5.74, 6) is -1.42. The summed E-state index contributed by atoms with van der Waals surface area (Å²) in [6.07, 6.45) is 0. The quantitative estimate of drug-likeness (QED) is 0.687. The molecule has 3 nitrogen and oxygen atoms in total. The fraction of sp³-hybridized carbons (Fsp3) is 0. The van der Waals surface area contributed by atoms with Gasteiger partial charge in [-0.05, 0) is 29.3 Å². The molecule has 0 heterocycles. The number of ketones is 1. The average Bonchev–Trinajstić information content (AvgIpc) is 2.62. The zero-order valence-corrected chi connectivity index (χ0v) is 13.3. The summed E-state index contributed by atoms with van der Waals surface area (Å²) in [7, 11) is 0. The van der Waals surface area contributed by atoms with Crippen molar-refractivity contribution in [2.45, 2.75) is 0 Å². The molecule has 0 saturated carbocycles. The highest BCUT2D eigenvalue weighted by Gasteiger charge is 2.17. The Balaban J connectivity index is 1.92. The molecule has 0 fully saturated rings. The van der Waals surface area contributed by atoms with E-state index in [4.69, 9.17) is 11.6 Å². The van der Waals surface area contributed by atoms with Crippen molar-refractivity contribution in [3.05, 3.63) is 94.5 Å². The van der Waals surface area contributed by atoms with Crippen molar-refractivity contribution in [1.29, 1.82) is 0 Å². The van der Waals surface area contributed by atoms with Crippen LogP contribution in [0.3, 0.4) is 0 Å². The van der Waals surface area contributed by atoms with Crippen LogP contribution in [-0.2, 0) is 0 Å². The first-order chi connectivity index (χ1) is 11.6. The molecule has 3 rings (SSSR count). The van der Waals surface area contributed by atoms with Crippen LogP contribution in [0, 0.1) is 0 Å². The molecule has 0 bridgehead atoms. The third-order valence-corrected chi connectivity index (χ3v) is 3.98. The Bertz CT molecular complexity index is 897. The number of hydrogen-bond acceptors (Lipinski definition) is 2. The number of halogens is 1. The second kappa shape index (κ2) is 6.69. The van der Waals surface area contributed by atoms with Gasteiger partial charge in [0, 0.05) is 16.1 Å². The van der Waals surface area contributed by atoms with Crippen molar-refractivity contribution in [3.8, 4) is 11.1 Å². The molecule has 1 N–H and O–H groups in total. The van der Waals surface area contributed by atoms with Gasteiger partial charge in [0.15, 0.2) is 5.78 Å². The molecule has 0 radical (unpaired) electrons. The number of carboxylic acids is 1. The summed E-state index contributed by atoms with van der Waals surface area (Å²) in [6, 6.07) is 20.7. The Morgan fingerprint density at radius 1 is 0.708 bits per heavy atom. The van der Waals surface area contributed by atoms with E-state index >= 15 is 0 Å². The van der Waals surface area contributed by atoms with Gasteiger partial charge in [0.05, 0.1) is 5.56 Å². The lowest BCUT2D eigenvalue weighted by Crippen LogP contribution is -2.09. The number of carbonyl (C=O) groups is 2. The van der Waals surface area contributed by atoms with E-state index in [0.29, 0.717) is 10.6 Å². The largest absolute Gasteiger partial charge is 0.478 e. The molecule has 0 saturated heterocycles. The van der Waals surface area contributed by atoms with Crippen molar-refractivity contribution in [3.63, 3.8) is 0 Å². The highest BCUT2D eigenvalue weighted by atomic mass is 35.5. The SMILES string of the molecule is O=C(O)c1ccccc1C(=O)c1ccc(-c2ccc(Cl)cc2)cc1. The number of aromatic carboxylic acids is 1. The standard InChI is InChI=1S/C20H13ClO3/c21-16-11-9-14(10-12-16)13-5-7-15(8-6-13)19(22)17-3-1-2-4-18(17)20(23)24/h1-12H,(H,23,24). The predicted octanol–water partition coefficient (Wildman–Crippen LogP) is 4.94. The van der Waals surface area contributed by atoms with Crippen molar-refractivity contribution in [2.24, 2.45) is 0 Å². The smallest absolute Gasteiger partial charge is 0.336 e. The Hall–Kier alpha value is -2.91. The van der Waals surface area contributed by atoms with Gasteiger partial charge in [-0.15, -0.1) is 0 Å². The molecule has 3 aromatic rings. The van der Waals surface area contributed by atoms with Crippen molar-refractivity contribution < 1.29 is 14.7 Å². The molecular weight excluding hydrogens is 324 g/mol. The maximum absolute atomic E-state index is 12.6. The lowest BCUT2D eigenvalue weighted by molar-refractivity contribution is 0.0693. The third kappa shape index (κ3) is 3.21. The fourth-order valence-electron chi connectivity index (χ4n) is 2.48. The molecule has 0 aliphatic carbocycles. The number of carbonyl (C=O) groups excluding carboxylic acids is 1. The molecule has 0 unspecified atom stereocenters. The minimum absolute atomic E-state index is 0.00396. The molecule has 0 aromatic heterocycles. The minimum Gasteiger partial charge on any atom is -0.478 e. The molecule has 118 valence electrons. The van der Waals surface area contributed by atoms with Gasteiger partial charge in [-0.25, -0.2) is 4.79 Å². The fourth-order valence-corrected chi connectivity index (χ4v) is 2.61. The molecule has 0 aliphatic rings. The van der Waals surface area contributed by atoms with Crippen LogP contribution in [0.1, 0.15) is 26.3 Å². The molecule has 0 atom stereocenters. The van der Waals surface area contributed by atoms with Gasteiger partial charge in [-0.3, -0.25) is 4.79 Å². The third-order valence-electron chi connectivity index (χ3n) is 3.73. The predicted molar refractivity (Wildman–Crippen MR) is 93.7 cm³/mol. The van der Waals surface area contributed by atoms with Crippen molar-refractivity contribution in [2.75, 3.05) is 0 Å². The summed E-state index contributed by atoms with van der Waals surface area (Å²) >= 11 is 5.88. The molecule has 4 heteroatoms. The van der Waals surface area contributed by atoms with Crippen LogP contribution in [0.25, 0.3) is 11.1 Å². The van der Waals surface area contributed by atoms with Crippen LogP contribution in [0.2, 0.25) is 5.02 Å². The average molecular weight is 337 g/mol. The van der Waals surface area contributed by atoms with E-state index in [-0.39, 0.29) is 16.9 Å². The van der Waals surface area contributed by atoms with Crippen LogP contribution < -0.4 is 0 Å². The molecule has 24 heavy (non-hydrogen) atoms. The number of hydrogen-bond donors (Lipinski definition) is 1. The first kappa shape index (κ1) is 16.0. The Morgan fingerprint density at radius 3 is 1.75 bits per heavy atom. The summed E-state index contributed by atoms with van der Waals surface area (Å²) in [5.41, 5.74) is 2.58. The van der Waals surface area contributed by atoms with Gasteiger partial charge in [-0.2, -0.15) is 0 Å². The monoisotopic (exact) mass is 336 g/mol. The van der Waals surface area contributed by atoms with E-state index in [0.717, 1.165) is 11.1 Å².